The third-order valence-electron chi connectivity index (χ3n) is 7.68. The van der Waals surface area contributed by atoms with Gasteiger partial charge in [-0.3, -0.25) is 14.4 Å². The number of carbonyl (C=O) groups excluding carboxylic acids is 4. The van der Waals surface area contributed by atoms with Crippen molar-refractivity contribution in [2.24, 2.45) is 0 Å². The molecular weight excluding hydrogens is 701 g/mol. The molecule has 1 aromatic heterocycles. The molecule has 0 spiro atoms. The average molecular weight is 737 g/mol. The molecule has 0 fully saturated rings. The Morgan fingerprint density at radius 1 is 0.898 bits per heavy atom. The average Bonchev–Trinajstić information content (AvgIpc) is 3.41. The van der Waals surface area contributed by atoms with Gasteiger partial charge in [-0.15, -0.1) is 23.1 Å². The second-order valence-electron chi connectivity index (χ2n) is 11.2. The number of anilines is 2. The fraction of sp³-hybridized carbons (Fsp3) is 0.243. The molecule has 1 heterocycles. The summed E-state index contributed by atoms with van der Waals surface area (Å²) >= 11 is 15.3. The van der Waals surface area contributed by atoms with Crippen LogP contribution in [-0.4, -0.2) is 36.1 Å². The summed E-state index contributed by atoms with van der Waals surface area (Å²) in [5.74, 6) is -1.64. The maximum Gasteiger partial charge on any atom is 0.341 e. The van der Waals surface area contributed by atoms with Crippen molar-refractivity contribution in [3.05, 3.63) is 116 Å². The van der Waals surface area contributed by atoms with E-state index in [1.807, 2.05) is 6.07 Å². The molecule has 0 bridgehead atoms. The van der Waals surface area contributed by atoms with Crippen molar-refractivity contribution in [2.75, 3.05) is 23.0 Å². The molecule has 0 atom stereocenters. The summed E-state index contributed by atoms with van der Waals surface area (Å²) in [7, 11) is 0. The fourth-order valence-electron chi connectivity index (χ4n) is 5.33. The molecule has 0 unspecified atom stereocenters. The molecule has 3 aromatic carbocycles. The van der Waals surface area contributed by atoms with Crippen LogP contribution in [0.5, 0.6) is 0 Å². The van der Waals surface area contributed by atoms with Crippen LogP contribution in [0.1, 0.15) is 69.3 Å². The van der Waals surface area contributed by atoms with Crippen molar-refractivity contribution in [3.8, 4) is 0 Å². The highest BCUT2D eigenvalue weighted by Crippen LogP contribution is 2.38. The number of nitrogens with one attached hydrogen (secondary N) is 3. The topological polar surface area (TPSA) is 114 Å². The zero-order valence-corrected chi connectivity index (χ0v) is 29.9. The Morgan fingerprint density at radius 2 is 1.65 bits per heavy atom. The fourth-order valence-corrected chi connectivity index (χ4v) is 7.74. The lowest BCUT2D eigenvalue weighted by Gasteiger charge is -2.13. The summed E-state index contributed by atoms with van der Waals surface area (Å²) in [5.41, 5.74) is 2.72. The van der Waals surface area contributed by atoms with Crippen molar-refractivity contribution in [2.45, 2.75) is 50.3 Å². The first kappa shape index (κ1) is 36.2. The highest BCUT2D eigenvalue weighted by Gasteiger charge is 2.26. The molecule has 1 aliphatic carbocycles. The van der Waals surface area contributed by atoms with E-state index in [1.54, 1.807) is 73.7 Å². The van der Waals surface area contributed by atoms with Gasteiger partial charge in [0.25, 0.3) is 11.8 Å². The van der Waals surface area contributed by atoms with Crippen molar-refractivity contribution >= 4 is 86.8 Å². The molecule has 0 aliphatic heterocycles. The number of aryl methyl sites for hydroxylation is 1. The largest absolute Gasteiger partial charge is 0.462 e. The van der Waals surface area contributed by atoms with Gasteiger partial charge in [0.2, 0.25) is 5.91 Å². The molecule has 0 saturated carbocycles. The number of esters is 1. The molecule has 49 heavy (non-hydrogen) atoms. The summed E-state index contributed by atoms with van der Waals surface area (Å²) < 4.78 is 5.36. The number of amides is 3. The molecule has 0 saturated heterocycles. The molecule has 1 aliphatic rings. The highest BCUT2D eigenvalue weighted by molar-refractivity contribution is 8.00. The molecule has 12 heteroatoms. The summed E-state index contributed by atoms with van der Waals surface area (Å²) in [5, 5.41) is 9.56. The van der Waals surface area contributed by atoms with E-state index < -0.39 is 17.8 Å². The van der Waals surface area contributed by atoms with Crippen LogP contribution >= 0.6 is 46.3 Å². The second kappa shape index (κ2) is 17.5. The number of carbonyl (C=O) groups is 4. The van der Waals surface area contributed by atoms with Crippen LogP contribution in [0.2, 0.25) is 10.0 Å². The first-order valence-electron chi connectivity index (χ1n) is 15.9. The van der Waals surface area contributed by atoms with E-state index >= 15 is 0 Å². The molecule has 4 aromatic rings. The van der Waals surface area contributed by atoms with Gasteiger partial charge in [-0.2, -0.15) is 0 Å². The zero-order valence-electron chi connectivity index (χ0n) is 26.8. The lowest BCUT2D eigenvalue weighted by atomic mass is 9.96. The Morgan fingerprint density at radius 3 is 2.43 bits per heavy atom. The van der Waals surface area contributed by atoms with Crippen LogP contribution in [0.3, 0.4) is 0 Å². The van der Waals surface area contributed by atoms with E-state index in [-0.39, 0.29) is 29.0 Å². The van der Waals surface area contributed by atoms with Gasteiger partial charge in [-0.05, 0) is 86.2 Å². The summed E-state index contributed by atoms with van der Waals surface area (Å²) in [4.78, 5) is 54.5. The smallest absolute Gasteiger partial charge is 0.341 e. The summed E-state index contributed by atoms with van der Waals surface area (Å²) in [6, 6.07) is 20.6. The van der Waals surface area contributed by atoms with Gasteiger partial charge < -0.3 is 20.7 Å². The predicted octanol–water partition coefficient (Wildman–Crippen LogP) is 9.03. The quantitative estimate of drug-likeness (QED) is 0.0805. The number of fused-ring (bicyclic) bond motifs is 1. The Hall–Kier alpha value is -4.09. The number of halogens is 2. The van der Waals surface area contributed by atoms with E-state index in [1.165, 1.54) is 29.2 Å². The summed E-state index contributed by atoms with van der Waals surface area (Å²) in [6.45, 7) is 2.02. The normalized spacial score (nSPS) is 13.0. The van der Waals surface area contributed by atoms with E-state index in [4.69, 9.17) is 27.9 Å². The number of ether oxygens (including phenoxy) is 1. The minimum Gasteiger partial charge on any atom is -0.462 e. The first-order chi connectivity index (χ1) is 23.7. The maximum atomic E-state index is 13.5. The Balaban J connectivity index is 1.28. The van der Waals surface area contributed by atoms with Gasteiger partial charge >= 0.3 is 5.97 Å². The Kier molecular flexibility index (Phi) is 13.0. The van der Waals surface area contributed by atoms with E-state index in [0.717, 1.165) is 53.9 Å². The van der Waals surface area contributed by atoms with Crippen LogP contribution in [0.15, 0.2) is 83.4 Å². The second-order valence-corrected chi connectivity index (χ2v) is 14.1. The SMILES string of the molecule is CCOC(=O)c1c(NC(=O)CSc2cccc(NC(=O)/C(=C\c3cccc(Cl)c3Cl)NC(=O)c3ccccc3)c2)sc2c1CCCCCC2. The number of hydrogen-bond acceptors (Lipinski definition) is 7. The minimum absolute atomic E-state index is 0.0436. The van der Waals surface area contributed by atoms with E-state index in [0.29, 0.717) is 32.4 Å². The van der Waals surface area contributed by atoms with Crippen LogP contribution < -0.4 is 16.0 Å². The lowest BCUT2D eigenvalue weighted by Crippen LogP contribution is -2.30. The van der Waals surface area contributed by atoms with Gasteiger partial charge in [0.15, 0.2) is 0 Å². The standard InChI is InChI=1S/C37H35Cl2N3O5S2/c1-2-47-37(46)32-27-17-8-3-4-9-19-30(27)49-36(32)42-31(43)22-48-26-16-11-15-25(21-26)40-35(45)29(20-24-14-10-18-28(38)33(24)39)41-34(44)23-12-6-5-7-13-23/h5-7,10-16,18,20-21H,2-4,8-9,17,19,22H2,1H3,(H,40,45)(H,41,44)(H,42,43)/b29-20+. The van der Waals surface area contributed by atoms with E-state index in [9.17, 15) is 19.2 Å². The maximum absolute atomic E-state index is 13.5. The molecule has 254 valence electrons. The molecule has 3 N–H and O–H groups in total. The van der Waals surface area contributed by atoms with Gasteiger partial charge in [0.05, 0.1) is 28.0 Å². The monoisotopic (exact) mass is 735 g/mol. The number of rotatable bonds is 11. The van der Waals surface area contributed by atoms with Crippen LogP contribution in [0.25, 0.3) is 6.08 Å². The molecular formula is C37H35Cl2N3O5S2. The van der Waals surface area contributed by atoms with Gasteiger partial charge in [-0.25, -0.2) is 4.79 Å². The van der Waals surface area contributed by atoms with Crippen LogP contribution in [-0.2, 0) is 27.2 Å². The highest BCUT2D eigenvalue weighted by atomic mass is 35.5. The van der Waals surface area contributed by atoms with Crippen molar-refractivity contribution < 1.29 is 23.9 Å². The number of thioether (sulfide) groups is 1. The molecule has 0 radical (unpaired) electrons. The minimum atomic E-state index is -0.583. The predicted molar refractivity (Wildman–Crippen MR) is 199 cm³/mol. The molecule has 8 nitrogen and oxygen atoms in total. The number of thiophene rings is 1. The third kappa shape index (κ3) is 9.76. The van der Waals surface area contributed by atoms with Crippen molar-refractivity contribution in [1.82, 2.24) is 5.32 Å². The zero-order chi connectivity index (χ0) is 34.8. The van der Waals surface area contributed by atoms with Crippen molar-refractivity contribution in [3.63, 3.8) is 0 Å². The Bertz CT molecular complexity index is 1880. The Labute approximate surface area is 303 Å². The van der Waals surface area contributed by atoms with Gasteiger partial charge in [-0.1, -0.05) is 72.4 Å². The summed E-state index contributed by atoms with van der Waals surface area (Å²) in [6.07, 6.45) is 7.46. The van der Waals surface area contributed by atoms with Crippen molar-refractivity contribution in [1.29, 1.82) is 0 Å². The molecule has 3 amide bonds. The molecule has 5 rings (SSSR count). The van der Waals surface area contributed by atoms with Crippen LogP contribution in [0.4, 0.5) is 10.7 Å². The van der Waals surface area contributed by atoms with E-state index in [2.05, 4.69) is 16.0 Å². The van der Waals surface area contributed by atoms with Gasteiger partial charge in [0.1, 0.15) is 10.7 Å². The number of hydrogen-bond donors (Lipinski definition) is 3. The van der Waals surface area contributed by atoms with Crippen LogP contribution in [0, 0.1) is 0 Å². The number of benzene rings is 3. The first-order valence-corrected chi connectivity index (χ1v) is 18.5. The van der Waals surface area contributed by atoms with Gasteiger partial charge in [0, 0.05) is 21.0 Å². The lowest BCUT2D eigenvalue weighted by molar-refractivity contribution is -0.114. The third-order valence-corrected chi connectivity index (χ3v) is 10.7.